The van der Waals surface area contributed by atoms with Gasteiger partial charge in [0.15, 0.2) is 23.0 Å². The summed E-state index contributed by atoms with van der Waals surface area (Å²) >= 11 is 6.06. The van der Waals surface area contributed by atoms with Crippen LogP contribution in [0.1, 0.15) is 12.8 Å². The molecule has 10 heteroatoms. The van der Waals surface area contributed by atoms with E-state index in [0.717, 1.165) is 38.2 Å². The summed E-state index contributed by atoms with van der Waals surface area (Å²) in [6, 6.07) is 9.97. The van der Waals surface area contributed by atoms with Gasteiger partial charge in [0.05, 0.1) is 19.1 Å². The Morgan fingerprint density at radius 1 is 1.06 bits per heavy atom. The minimum Gasteiger partial charge on any atom is -0.493 e. The number of piperidine rings is 1. The highest BCUT2D eigenvalue weighted by Gasteiger charge is 2.27. The average molecular weight is 497 g/mol. The van der Waals surface area contributed by atoms with E-state index in [9.17, 15) is 8.42 Å². The molecule has 2 aliphatic heterocycles. The highest BCUT2D eigenvalue weighted by Crippen LogP contribution is 2.34. The topological polar surface area (TPSA) is 86.3 Å². The third kappa shape index (κ3) is 5.84. The Morgan fingerprint density at radius 2 is 1.82 bits per heavy atom. The van der Waals surface area contributed by atoms with Crippen molar-refractivity contribution in [3.05, 3.63) is 41.4 Å². The van der Waals surface area contributed by atoms with Gasteiger partial charge < -0.3 is 18.9 Å². The normalized spacial score (nSPS) is 19.3. The minimum absolute atomic E-state index is 0.0592. The summed E-state index contributed by atoms with van der Waals surface area (Å²) in [6.07, 6.45) is 1.76. The average Bonchev–Trinajstić information content (AvgIpc) is 2.83. The van der Waals surface area contributed by atoms with Crippen LogP contribution in [0.4, 0.5) is 0 Å². The van der Waals surface area contributed by atoms with Crippen LogP contribution in [-0.2, 0) is 10.0 Å². The smallest absolute Gasteiger partial charge is 0.240 e. The first-order valence-corrected chi connectivity index (χ1v) is 12.8. The first-order valence-electron chi connectivity index (χ1n) is 10.9. The summed E-state index contributed by atoms with van der Waals surface area (Å²) < 4.78 is 50.5. The fourth-order valence-corrected chi connectivity index (χ4v) is 5.43. The number of halogens is 1. The number of benzene rings is 2. The molecule has 1 atom stereocenters. The Labute approximate surface area is 199 Å². The van der Waals surface area contributed by atoms with E-state index >= 15 is 0 Å². The second-order valence-electron chi connectivity index (χ2n) is 8.25. The molecule has 1 saturated heterocycles. The van der Waals surface area contributed by atoms with Gasteiger partial charge in [0.1, 0.15) is 12.7 Å². The Bertz CT molecular complexity index is 1070. The molecule has 1 N–H and O–H groups in total. The summed E-state index contributed by atoms with van der Waals surface area (Å²) in [4.78, 5) is 2.50. The van der Waals surface area contributed by atoms with E-state index in [0.29, 0.717) is 35.4 Å². The van der Waals surface area contributed by atoms with Crippen LogP contribution in [0.3, 0.4) is 0 Å². The number of sulfonamides is 1. The molecule has 0 bridgehead atoms. The van der Waals surface area contributed by atoms with Crippen molar-refractivity contribution in [1.29, 1.82) is 0 Å². The highest BCUT2D eigenvalue weighted by atomic mass is 35.5. The third-order valence-electron chi connectivity index (χ3n) is 6.02. The zero-order chi connectivity index (χ0) is 23.4. The molecular weight excluding hydrogens is 468 g/mol. The van der Waals surface area contributed by atoms with Gasteiger partial charge in [-0.05, 0) is 56.1 Å². The van der Waals surface area contributed by atoms with Crippen molar-refractivity contribution < 1.29 is 27.4 Å². The molecule has 8 nitrogen and oxygen atoms in total. The number of methoxy groups -OCH3 is 2. The van der Waals surface area contributed by atoms with Crippen molar-refractivity contribution in [2.45, 2.75) is 23.8 Å². The first kappa shape index (κ1) is 23.9. The van der Waals surface area contributed by atoms with Gasteiger partial charge >= 0.3 is 0 Å². The molecule has 0 aromatic heterocycles. The van der Waals surface area contributed by atoms with Crippen LogP contribution in [0.2, 0.25) is 5.02 Å². The van der Waals surface area contributed by atoms with Crippen molar-refractivity contribution in [2.75, 3.05) is 47.0 Å². The SMILES string of the molecule is COc1ccc(S(=O)(=O)NCC2CCN(C[C@H]3COc4ccc(Cl)cc4O3)CC2)cc1OC. The monoisotopic (exact) mass is 496 g/mol. The van der Waals surface area contributed by atoms with Crippen LogP contribution in [0.15, 0.2) is 41.3 Å². The molecule has 0 amide bonds. The van der Waals surface area contributed by atoms with Crippen LogP contribution in [-0.4, -0.2) is 66.4 Å². The van der Waals surface area contributed by atoms with Crippen LogP contribution in [0, 0.1) is 5.92 Å². The number of fused-ring (bicyclic) bond motifs is 1. The Balaban J connectivity index is 1.25. The Morgan fingerprint density at radius 3 is 2.55 bits per heavy atom. The van der Waals surface area contributed by atoms with Crippen molar-refractivity contribution in [1.82, 2.24) is 9.62 Å². The summed E-state index contributed by atoms with van der Waals surface area (Å²) in [5.41, 5.74) is 0. The van der Waals surface area contributed by atoms with E-state index in [1.807, 2.05) is 6.07 Å². The summed E-state index contributed by atoms with van der Waals surface area (Å²) in [7, 11) is -0.639. The number of ether oxygens (including phenoxy) is 4. The lowest BCUT2D eigenvalue weighted by Crippen LogP contribution is -2.45. The fourth-order valence-electron chi connectivity index (χ4n) is 4.14. The molecule has 0 unspecified atom stereocenters. The Kier molecular flexibility index (Phi) is 7.53. The van der Waals surface area contributed by atoms with Gasteiger partial charge in [-0.15, -0.1) is 0 Å². The third-order valence-corrected chi connectivity index (χ3v) is 7.68. The molecule has 4 rings (SSSR count). The number of likely N-dealkylation sites (tertiary alicyclic amines) is 1. The second kappa shape index (κ2) is 10.4. The number of hydrogen-bond acceptors (Lipinski definition) is 7. The lowest BCUT2D eigenvalue weighted by Gasteiger charge is -2.35. The van der Waals surface area contributed by atoms with Gasteiger partial charge in [-0.25, -0.2) is 13.1 Å². The molecule has 0 spiro atoms. The lowest BCUT2D eigenvalue weighted by molar-refractivity contribution is 0.0481. The summed E-state index contributed by atoms with van der Waals surface area (Å²) in [6.45, 7) is 3.42. The van der Waals surface area contributed by atoms with E-state index < -0.39 is 10.0 Å². The van der Waals surface area contributed by atoms with Crippen molar-refractivity contribution >= 4 is 21.6 Å². The molecule has 2 aromatic rings. The van der Waals surface area contributed by atoms with Gasteiger partial charge in [-0.3, -0.25) is 4.90 Å². The van der Waals surface area contributed by atoms with Crippen molar-refractivity contribution in [2.24, 2.45) is 5.92 Å². The zero-order valence-corrected chi connectivity index (χ0v) is 20.3. The van der Waals surface area contributed by atoms with Gasteiger partial charge in [0.25, 0.3) is 0 Å². The molecule has 2 aromatic carbocycles. The molecule has 2 aliphatic rings. The molecule has 33 heavy (non-hydrogen) atoms. The van der Waals surface area contributed by atoms with Gasteiger partial charge in [-0.1, -0.05) is 11.6 Å². The van der Waals surface area contributed by atoms with Crippen LogP contribution < -0.4 is 23.7 Å². The maximum atomic E-state index is 12.7. The van der Waals surface area contributed by atoms with E-state index in [1.165, 1.54) is 26.4 Å². The van der Waals surface area contributed by atoms with Crippen molar-refractivity contribution in [3.63, 3.8) is 0 Å². The number of nitrogens with one attached hydrogen (secondary N) is 1. The van der Waals surface area contributed by atoms with E-state index in [2.05, 4.69) is 9.62 Å². The maximum Gasteiger partial charge on any atom is 0.240 e. The lowest BCUT2D eigenvalue weighted by atomic mass is 9.97. The van der Waals surface area contributed by atoms with Crippen LogP contribution >= 0.6 is 11.6 Å². The Hall–Kier alpha value is -2.20. The standard InChI is InChI=1S/C23H29ClN2O6S/c1-29-20-6-4-19(12-22(20)30-2)33(27,28)25-13-16-7-9-26(10-8-16)14-18-15-31-21-5-3-17(24)11-23(21)32-18/h3-6,11-12,16,18,25H,7-10,13-15H2,1-2H3/t18-/m0/s1. The summed E-state index contributed by atoms with van der Waals surface area (Å²) in [5.74, 6) is 2.55. The molecule has 0 aliphatic carbocycles. The quantitative estimate of drug-likeness (QED) is 0.600. The molecule has 0 saturated carbocycles. The van der Waals surface area contributed by atoms with Gasteiger partial charge in [-0.2, -0.15) is 0 Å². The molecule has 1 fully saturated rings. The van der Waals surface area contributed by atoms with E-state index in [4.69, 9.17) is 30.5 Å². The van der Waals surface area contributed by atoms with Gasteiger partial charge in [0.2, 0.25) is 10.0 Å². The summed E-state index contributed by atoms with van der Waals surface area (Å²) in [5, 5.41) is 0.620. The van der Waals surface area contributed by atoms with E-state index in [-0.39, 0.29) is 16.9 Å². The van der Waals surface area contributed by atoms with E-state index in [1.54, 1.807) is 18.2 Å². The predicted octanol–water partition coefficient (Wildman–Crippen LogP) is 3.19. The first-order chi connectivity index (χ1) is 15.9. The molecule has 0 radical (unpaired) electrons. The largest absolute Gasteiger partial charge is 0.493 e. The second-order valence-corrected chi connectivity index (χ2v) is 10.5. The zero-order valence-electron chi connectivity index (χ0n) is 18.8. The maximum absolute atomic E-state index is 12.7. The molecule has 180 valence electrons. The number of nitrogens with zero attached hydrogens (tertiary/aromatic N) is 1. The number of hydrogen-bond donors (Lipinski definition) is 1. The van der Waals surface area contributed by atoms with Crippen LogP contribution in [0.25, 0.3) is 0 Å². The number of rotatable bonds is 8. The van der Waals surface area contributed by atoms with Crippen molar-refractivity contribution in [3.8, 4) is 23.0 Å². The minimum atomic E-state index is -3.63. The molecular formula is C23H29ClN2O6S. The highest BCUT2D eigenvalue weighted by molar-refractivity contribution is 7.89. The van der Waals surface area contributed by atoms with Gasteiger partial charge in [0, 0.05) is 30.2 Å². The predicted molar refractivity (Wildman–Crippen MR) is 125 cm³/mol. The molecule has 2 heterocycles. The fraction of sp³-hybridized carbons (Fsp3) is 0.478. The van der Waals surface area contributed by atoms with Crippen LogP contribution in [0.5, 0.6) is 23.0 Å².